The summed E-state index contributed by atoms with van der Waals surface area (Å²) < 4.78 is 0. The second kappa shape index (κ2) is 4.52. The summed E-state index contributed by atoms with van der Waals surface area (Å²) in [5.41, 5.74) is 2.35. The molecule has 0 aromatic heterocycles. The number of benzene rings is 1. The third-order valence-corrected chi connectivity index (χ3v) is 2.51. The lowest BCUT2D eigenvalue weighted by Crippen LogP contribution is -2.22. The van der Waals surface area contributed by atoms with Crippen LogP contribution in [0, 0.1) is 6.92 Å². The zero-order valence-corrected chi connectivity index (χ0v) is 9.23. The van der Waals surface area contributed by atoms with Crippen LogP contribution in [0.25, 0.3) is 0 Å². The monoisotopic (exact) mass is 197 g/mol. The minimum absolute atomic E-state index is 0.851. The summed E-state index contributed by atoms with van der Waals surface area (Å²) in [5, 5.41) is 0.851. The van der Waals surface area contributed by atoms with Crippen molar-refractivity contribution in [1.29, 1.82) is 0 Å². The summed E-state index contributed by atoms with van der Waals surface area (Å²) in [5.74, 6) is 0. The van der Waals surface area contributed by atoms with Crippen molar-refractivity contribution in [2.45, 2.75) is 20.8 Å². The van der Waals surface area contributed by atoms with Crippen molar-refractivity contribution in [2.24, 2.45) is 0 Å². The first-order valence-corrected chi connectivity index (χ1v) is 5.08. The molecular formula is C11H16ClN. The Bertz CT molecular complexity index is 279. The molecule has 0 unspecified atom stereocenters. The molecule has 1 nitrogen and oxygen atoms in total. The van der Waals surface area contributed by atoms with E-state index in [1.54, 1.807) is 0 Å². The van der Waals surface area contributed by atoms with E-state index in [0.717, 1.165) is 23.8 Å². The molecule has 1 aromatic rings. The van der Waals surface area contributed by atoms with Crippen LogP contribution >= 0.6 is 11.6 Å². The fourth-order valence-corrected chi connectivity index (χ4v) is 1.79. The third kappa shape index (κ3) is 2.38. The van der Waals surface area contributed by atoms with Crippen LogP contribution in [0.5, 0.6) is 0 Å². The third-order valence-electron chi connectivity index (χ3n) is 2.21. The van der Waals surface area contributed by atoms with Crippen molar-refractivity contribution >= 4 is 17.3 Å². The minimum atomic E-state index is 0.851. The molecule has 0 bridgehead atoms. The predicted octanol–water partition coefficient (Wildman–Crippen LogP) is 3.49. The highest BCUT2D eigenvalue weighted by molar-refractivity contribution is 6.33. The van der Waals surface area contributed by atoms with E-state index in [1.165, 1.54) is 5.56 Å². The topological polar surface area (TPSA) is 3.24 Å². The molecule has 2 heteroatoms. The fraction of sp³-hybridized carbons (Fsp3) is 0.455. The van der Waals surface area contributed by atoms with Gasteiger partial charge in [-0.15, -0.1) is 0 Å². The number of hydrogen-bond donors (Lipinski definition) is 0. The number of hydrogen-bond acceptors (Lipinski definition) is 1. The molecule has 0 saturated carbocycles. The summed E-state index contributed by atoms with van der Waals surface area (Å²) in [4.78, 5) is 2.25. The number of anilines is 1. The molecule has 0 saturated heterocycles. The fourth-order valence-electron chi connectivity index (χ4n) is 1.43. The van der Waals surface area contributed by atoms with Crippen LogP contribution in [0.4, 0.5) is 5.69 Å². The van der Waals surface area contributed by atoms with Gasteiger partial charge in [0.2, 0.25) is 0 Å². The van der Waals surface area contributed by atoms with Crippen LogP contribution in [0.3, 0.4) is 0 Å². The Balaban J connectivity index is 2.99. The lowest BCUT2D eigenvalue weighted by molar-refractivity contribution is 0.866. The van der Waals surface area contributed by atoms with Gasteiger partial charge < -0.3 is 4.90 Å². The zero-order valence-electron chi connectivity index (χ0n) is 8.47. The van der Waals surface area contributed by atoms with Crippen molar-refractivity contribution in [3.05, 3.63) is 28.8 Å². The molecule has 0 N–H and O–H groups in total. The molecule has 0 fully saturated rings. The molecule has 0 aliphatic rings. The molecule has 72 valence electrons. The number of nitrogens with zero attached hydrogens (tertiary/aromatic N) is 1. The van der Waals surface area contributed by atoms with Gasteiger partial charge in [-0.1, -0.05) is 17.7 Å². The second-order valence-electron chi connectivity index (χ2n) is 3.13. The molecule has 0 spiro atoms. The van der Waals surface area contributed by atoms with Crippen LogP contribution in [-0.2, 0) is 0 Å². The van der Waals surface area contributed by atoms with Gasteiger partial charge in [0.05, 0.1) is 10.7 Å². The smallest absolute Gasteiger partial charge is 0.0642 e. The highest BCUT2D eigenvalue weighted by atomic mass is 35.5. The largest absolute Gasteiger partial charge is 0.371 e. The zero-order chi connectivity index (χ0) is 9.84. The van der Waals surface area contributed by atoms with Gasteiger partial charge in [0.15, 0.2) is 0 Å². The van der Waals surface area contributed by atoms with E-state index in [-0.39, 0.29) is 0 Å². The molecule has 0 radical (unpaired) electrons. The first-order chi connectivity index (χ1) is 6.19. The Hall–Kier alpha value is -0.690. The summed E-state index contributed by atoms with van der Waals surface area (Å²) in [6.45, 7) is 8.33. The number of rotatable bonds is 3. The van der Waals surface area contributed by atoms with Gasteiger partial charge in [0.25, 0.3) is 0 Å². The van der Waals surface area contributed by atoms with E-state index in [2.05, 4.69) is 37.8 Å². The maximum absolute atomic E-state index is 6.14. The molecule has 0 amide bonds. The van der Waals surface area contributed by atoms with Crippen molar-refractivity contribution in [3.63, 3.8) is 0 Å². The lowest BCUT2D eigenvalue weighted by atomic mass is 10.2. The molecule has 1 rings (SSSR count). The summed E-state index contributed by atoms with van der Waals surface area (Å²) in [7, 11) is 0. The number of aryl methyl sites for hydroxylation is 1. The van der Waals surface area contributed by atoms with Crippen LogP contribution in [-0.4, -0.2) is 13.1 Å². The van der Waals surface area contributed by atoms with Gasteiger partial charge in [-0.2, -0.15) is 0 Å². The Morgan fingerprint density at radius 3 is 2.31 bits per heavy atom. The molecule has 0 atom stereocenters. The highest BCUT2D eigenvalue weighted by Gasteiger charge is 2.05. The summed E-state index contributed by atoms with van der Waals surface area (Å²) in [6, 6.07) is 6.19. The molecular weight excluding hydrogens is 182 g/mol. The predicted molar refractivity (Wildman–Crippen MR) is 59.8 cm³/mol. The molecule has 0 aliphatic heterocycles. The standard InChI is InChI=1S/C11H16ClN/c1-4-13(5-2)11-7-6-9(3)8-10(11)12/h6-8H,4-5H2,1-3H3. The first-order valence-electron chi connectivity index (χ1n) is 4.70. The van der Waals surface area contributed by atoms with E-state index in [9.17, 15) is 0 Å². The Morgan fingerprint density at radius 1 is 1.23 bits per heavy atom. The second-order valence-corrected chi connectivity index (χ2v) is 3.53. The lowest BCUT2D eigenvalue weighted by Gasteiger charge is -2.22. The first kappa shape index (κ1) is 10.4. The van der Waals surface area contributed by atoms with Gasteiger partial charge >= 0.3 is 0 Å². The maximum atomic E-state index is 6.14. The normalized spacial score (nSPS) is 10.2. The van der Waals surface area contributed by atoms with Crippen LogP contribution in [0.1, 0.15) is 19.4 Å². The molecule has 1 aromatic carbocycles. The van der Waals surface area contributed by atoms with Gasteiger partial charge in [0.1, 0.15) is 0 Å². The van der Waals surface area contributed by atoms with Crippen molar-refractivity contribution in [1.82, 2.24) is 0 Å². The maximum Gasteiger partial charge on any atom is 0.0642 e. The summed E-state index contributed by atoms with van der Waals surface area (Å²) in [6.07, 6.45) is 0. The van der Waals surface area contributed by atoms with Crippen LogP contribution < -0.4 is 4.90 Å². The quantitative estimate of drug-likeness (QED) is 0.717. The van der Waals surface area contributed by atoms with E-state index in [4.69, 9.17) is 11.6 Å². The van der Waals surface area contributed by atoms with E-state index in [1.807, 2.05) is 6.07 Å². The van der Waals surface area contributed by atoms with E-state index in [0.29, 0.717) is 0 Å². The van der Waals surface area contributed by atoms with Gasteiger partial charge in [-0.3, -0.25) is 0 Å². The van der Waals surface area contributed by atoms with Gasteiger partial charge in [0, 0.05) is 13.1 Å². The Labute approximate surface area is 85.3 Å². The Morgan fingerprint density at radius 2 is 1.85 bits per heavy atom. The highest BCUT2D eigenvalue weighted by Crippen LogP contribution is 2.26. The van der Waals surface area contributed by atoms with Crippen LogP contribution in [0.15, 0.2) is 18.2 Å². The molecule has 0 aliphatic carbocycles. The Kier molecular flexibility index (Phi) is 3.61. The average molecular weight is 198 g/mol. The van der Waals surface area contributed by atoms with Crippen molar-refractivity contribution in [2.75, 3.05) is 18.0 Å². The van der Waals surface area contributed by atoms with Crippen LogP contribution in [0.2, 0.25) is 5.02 Å². The van der Waals surface area contributed by atoms with E-state index >= 15 is 0 Å². The summed E-state index contributed by atoms with van der Waals surface area (Å²) >= 11 is 6.14. The van der Waals surface area contributed by atoms with Crippen molar-refractivity contribution < 1.29 is 0 Å². The molecule has 0 heterocycles. The van der Waals surface area contributed by atoms with E-state index < -0.39 is 0 Å². The minimum Gasteiger partial charge on any atom is -0.371 e. The molecule has 13 heavy (non-hydrogen) atoms. The number of halogens is 1. The average Bonchev–Trinajstić information content (AvgIpc) is 2.10. The van der Waals surface area contributed by atoms with Gasteiger partial charge in [-0.05, 0) is 38.5 Å². The van der Waals surface area contributed by atoms with Gasteiger partial charge in [-0.25, -0.2) is 0 Å². The SMILES string of the molecule is CCN(CC)c1ccc(C)cc1Cl. The van der Waals surface area contributed by atoms with Crippen molar-refractivity contribution in [3.8, 4) is 0 Å².